The summed E-state index contributed by atoms with van der Waals surface area (Å²) in [4.78, 5) is 23.2. The average molecular weight is 315 g/mol. The van der Waals surface area contributed by atoms with Crippen LogP contribution in [0.15, 0.2) is 42.5 Å². The van der Waals surface area contributed by atoms with Crippen molar-refractivity contribution in [3.8, 4) is 11.5 Å². The lowest BCUT2D eigenvalue weighted by molar-refractivity contribution is 0.0693. The zero-order valence-corrected chi connectivity index (χ0v) is 12.6. The number of ether oxygens (including phenoxy) is 1. The molecule has 0 bridgehead atoms. The molecule has 3 N–H and O–H groups in total. The Morgan fingerprint density at radius 3 is 2.65 bits per heavy atom. The van der Waals surface area contributed by atoms with Crippen LogP contribution in [0.25, 0.3) is 0 Å². The molecule has 0 saturated carbocycles. The highest BCUT2D eigenvalue weighted by atomic mass is 16.5. The van der Waals surface area contributed by atoms with Crippen molar-refractivity contribution in [2.45, 2.75) is 13.3 Å². The zero-order valence-electron chi connectivity index (χ0n) is 12.6. The Labute approximate surface area is 133 Å². The number of carboxylic acids is 1. The number of hydrogen-bond acceptors (Lipinski definition) is 4. The van der Waals surface area contributed by atoms with Gasteiger partial charge in [0.15, 0.2) is 0 Å². The maximum atomic E-state index is 12.2. The largest absolute Gasteiger partial charge is 0.507 e. The van der Waals surface area contributed by atoms with E-state index in [0.717, 1.165) is 6.42 Å². The summed E-state index contributed by atoms with van der Waals surface area (Å²) < 4.78 is 5.47. The Morgan fingerprint density at radius 2 is 1.96 bits per heavy atom. The normalized spacial score (nSPS) is 10.1. The molecule has 0 spiro atoms. The average Bonchev–Trinajstić information content (AvgIpc) is 2.54. The van der Waals surface area contributed by atoms with Gasteiger partial charge in [-0.15, -0.1) is 0 Å². The van der Waals surface area contributed by atoms with Crippen molar-refractivity contribution in [3.05, 3.63) is 53.6 Å². The van der Waals surface area contributed by atoms with Gasteiger partial charge in [0.25, 0.3) is 5.91 Å². The van der Waals surface area contributed by atoms with E-state index in [1.807, 2.05) is 6.92 Å². The summed E-state index contributed by atoms with van der Waals surface area (Å²) >= 11 is 0. The first-order chi connectivity index (χ1) is 11.0. The summed E-state index contributed by atoms with van der Waals surface area (Å²) in [7, 11) is 0. The van der Waals surface area contributed by atoms with E-state index < -0.39 is 11.9 Å². The number of carbonyl (C=O) groups excluding carboxylic acids is 1. The second-order valence-corrected chi connectivity index (χ2v) is 4.87. The van der Waals surface area contributed by atoms with Crippen LogP contribution in [-0.2, 0) is 0 Å². The first kappa shape index (κ1) is 16.4. The number of aromatic hydroxyl groups is 1. The maximum Gasteiger partial charge on any atom is 0.339 e. The van der Waals surface area contributed by atoms with Gasteiger partial charge in [0, 0.05) is 11.3 Å². The molecule has 23 heavy (non-hydrogen) atoms. The van der Waals surface area contributed by atoms with E-state index in [-0.39, 0.29) is 17.0 Å². The standard InChI is InChI=1S/C17H17NO5/c1-2-8-23-13-5-3-4-11(9-13)16(20)18-12-6-7-15(19)14(10-12)17(21)22/h3-7,9-10,19H,2,8H2,1H3,(H,18,20)(H,21,22). The molecule has 0 aliphatic heterocycles. The molecule has 2 aromatic carbocycles. The van der Waals surface area contributed by atoms with Crippen molar-refractivity contribution in [1.82, 2.24) is 0 Å². The molecular formula is C17H17NO5. The first-order valence-electron chi connectivity index (χ1n) is 7.11. The van der Waals surface area contributed by atoms with E-state index >= 15 is 0 Å². The third kappa shape index (κ3) is 4.23. The minimum Gasteiger partial charge on any atom is -0.507 e. The molecular weight excluding hydrogens is 298 g/mol. The summed E-state index contributed by atoms with van der Waals surface area (Å²) in [6.07, 6.45) is 0.863. The molecule has 0 atom stereocenters. The van der Waals surface area contributed by atoms with Crippen LogP contribution in [-0.4, -0.2) is 28.7 Å². The summed E-state index contributed by atoms with van der Waals surface area (Å²) in [6, 6.07) is 10.6. The highest BCUT2D eigenvalue weighted by molar-refractivity contribution is 6.05. The molecule has 0 fully saturated rings. The highest BCUT2D eigenvalue weighted by Crippen LogP contribution is 2.22. The molecule has 0 radical (unpaired) electrons. The number of carbonyl (C=O) groups is 2. The Morgan fingerprint density at radius 1 is 1.17 bits per heavy atom. The van der Waals surface area contributed by atoms with Crippen molar-refractivity contribution in [3.63, 3.8) is 0 Å². The molecule has 6 heteroatoms. The third-order valence-corrected chi connectivity index (χ3v) is 3.05. The number of phenols is 1. The number of carboxylic acid groups (broad SMARTS) is 1. The number of aromatic carboxylic acids is 1. The van der Waals surface area contributed by atoms with Crippen molar-refractivity contribution >= 4 is 17.6 Å². The van der Waals surface area contributed by atoms with Gasteiger partial charge >= 0.3 is 5.97 Å². The van der Waals surface area contributed by atoms with Crippen LogP contribution in [0.1, 0.15) is 34.1 Å². The number of rotatable bonds is 6. The fourth-order valence-corrected chi connectivity index (χ4v) is 1.94. The van der Waals surface area contributed by atoms with Gasteiger partial charge < -0.3 is 20.3 Å². The van der Waals surface area contributed by atoms with Crippen LogP contribution in [0.2, 0.25) is 0 Å². The zero-order chi connectivity index (χ0) is 16.8. The lowest BCUT2D eigenvalue weighted by Crippen LogP contribution is -2.12. The second-order valence-electron chi connectivity index (χ2n) is 4.87. The topological polar surface area (TPSA) is 95.9 Å². The van der Waals surface area contributed by atoms with Gasteiger partial charge in [0.05, 0.1) is 6.61 Å². The van der Waals surface area contributed by atoms with Crippen molar-refractivity contribution in [1.29, 1.82) is 0 Å². The third-order valence-electron chi connectivity index (χ3n) is 3.05. The minimum absolute atomic E-state index is 0.275. The van der Waals surface area contributed by atoms with Gasteiger partial charge in [-0.25, -0.2) is 4.79 Å². The highest BCUT2D eigenvalue weighted by Gasteiger charge is 2.12. The van der Waals surface area contributed by atoms with Gasteiger partial charge in [-0.1, -0.05) is 13.0 Å². The SMILES string of the molecule is CCCOc1cccc(C(=O)Nc2ccc(O)c(C(=O)O)c2)c1. The van der Waals surface area contributed by atoms with Crippen LogP contribution >= 0.6 is 0 Å². The molecule has 1 amide bonds. The monoisotopic (exact) mass is 315 g/mol. The van der Waals surface area contributed by atoms with Crippen LogP contribution in [0.4, 0.5) is 5.69 Å². The van der Waals surface area contributed by atoms with Gasteiger partial charge in [0.2, 0.25) is 0 Å². The fraction of sp³-hybridized carbons (Fsp3) is 0.176. The molecule has 6 nitrogen and oxygen atoms in total. The molecule has 120 valence electrons. The first-order valence-corrected chi connectivity index (χ1v) is 7.11. The molecule has 0 saturated heterocycles. The molecule has 0 aliphatic rings. The van der Waals surface area contributed by atoms with E-state index in [1.54, 1.807) is 24.3 Å². The van der Waals surface area contributed by atoms with Gasteiger partial charge in [0.1, 0.15) is 17.1 Å². The van der Waals surface area contributed by atoms with Gasteiger partial charge in [-0.3, -0.25) is 4.79 Å². The van der Waals surface area contributed by atoms with E-state index in [9.17, 15) is 14.7 Å². The van der Waals surface area contributed by atoms with E-state index in [1.165, 1.54) is 18.2 Å². The molecule has 2 aromatic rings. The lowest BCUT2D eigenvalue weighted by Gasteiger charge is -2.09. The number of amides is 1. The Hall–Kier alpha value is -3.02. The van der Waals surface area contributed by atoms with Crippen LogP contribution in [0.3, 0.4) is 0 Å². The molecule has 0 aromatic heterocycles. The van der Waals surface area contributed by atoms with Gasteiger partial charge in [-0.05, 0) is 42.8 Å². The summed E-state index contributed by atoms with van der Waals surface area (Å²) in [5, 5.41) is 21.0. The van der Waals surface area contributed by atoms with E-state index in [0.29, 0.717) is 17.9 Å². The predicted octanol–water partition coefficient (Wildman–Crippen LogP) is 3.13. The number of benzene rings is 2. The predicted molar refractivity (Wildman–Crippen MR) is 85.2 cm³/mol. The molecule has 2 rings (SSSR count). The fourth-order valence-electron chi connectivity index (χ4n) is 1.94. The number of nitrogens with one attached hydrogen (secondary N) is 1. The number of anilines is 1. The van der Waals surface area contributed by atoms with Crippen molar-refractivity contribution in [2.75, 3.05) is 11.9 Å². The molecule has 0 aliphatic carbocycles. The van der Waals surface area contributed by atoms with Crippen molar-refractivity contribution < 1.29 is 24.5 Å². The summed E-state index contributed by atoms with van der Waals surface area (Å²) in [5.74, 6) is -1.43. The van der Waals surface area contributed by atoms with Crippen LogP contribution < -0.4 is 10.1 Å². The van der Waals surface area contributed by atoms with Crippen LogP contribution in [0, 0.1) is 0 Å². The smallest absolute Gasteiger partial charge is 0.339 e. The summed E-state index contributed by atoms with van der Waals surface area (Å²) in [6.45, 7) is 2.55. The van der Waals surface area contributed by atoms with Crippen LogP contribution in [0.5, 0.6) is 11.5 Å². The Kier molecular flexibility index (Phi) is 5.19. The van der Waals surface area contributed by atoms with E-state index in [2.05, 4.69) is 5.32 Å². The molecule has 0 heterocycles. The Bertz CT molecular complexity index is 727. The Balaban J connectivity index is 2.16. The number of hydrogen-bond donors (Lipinski definition) is 3. The quantitative estimate of drug-likeness (QED) is 0.712. The van der Waals surface area contributed by atoms with Gasteiger partial charge in [-0.2, -0.15) is 0 Å². The van der Waals surface area contributed by atoms with Crippen molar-refractivity contribution in [2.24, 2.45) is 0 Å². The van der Waals surface area contributed by atoms with E-state index in [4.69, 9.17) is 9.84 Å². The maximum absolute atomic E-state index is 12.2. The molecule has 0 unspecified atom stereocenters. The second kappa shape index (κ2) is 7.31. The minimum atomic E-state index is -1.27. The lowest BCUT2D eigenvalue weighted by atomic mass is 10.1. The summed E-state index contributed by atoms with van der Waals surface area (Å²) in [5.41, 5.74) is 0.400.